The van der Waals surface area contributed by atoms with Crippen LogP contribution in [0, 0.1) is 22.7 Å². The maximum absolute atomic E-state index is 9.50. The molecule has 0 N–H and O–H groups in total. The van der Waals surface area contributed by atoms with Gasteiger partial charge in [-0.1, -0.05) is 18.2 Å². The Morgan fingerprint density at radius 2 is 1.58 bits per heavy atom. The molecule has 0 spiro atoms. The van der Waals surface area contributed by atoms with Crippen molar-refractivity contribution in [3.63, 3.8) is 0 Å². The van der Waals surface area contributed by atoms with Gasteiger partial charge in [-0.25, -0.2) is 0 Å². The summed E-state index contributed by atoms with van der Waals surface area (Å²) in [6, 6.07) is 14.7. The third kappa shape index (κ3) is 3.31. The van der Waals surface area contributed by atoms with E-state index in [4.69, 9.17) is 14.2 Å². The lowest BCUT2D eigenvalue weighted by atomic mass is 9.99. The van der Waals surface area contributed by atoms with Gasteiger partial charge in [0, 0.05) is 5.56 Å². The Labute approximate surface area is 140 Å². The van der Waals surface area contributed by atoms with Gasteiger partial charge < -0.3 is 14.2 Å². The van der Waals surface area contributed by atoms with Gasteiger partial charge in [0.2, 0.25) is 5.75 Å². The summed E-state index contributed by atoms with van der Waals surface area (Å²) in [6.45, 7) is 0. The monoisotopic (exact) mass is 320 g/mol. The third-order valence-corrected chi connectivity index (χ3v) is 3.46. The summed E-state index contributed by atoms with van der Waals surface area (Å²) in [4.78, 5) is 0. The van der Waals surface area contributed by atoms with Crippen LogP contribution in [0.5, 0.6) is 17.2 Å². The molecule has 2 aromatic carbocycles. The molecule has 0 fully saturated rings. The molecule has 0 bridgehead atoms. The highest BCUT2D eigenvalue weighted by Crippen LogP contribution is 2.39. The van der Waals surface area contributed by atoms with E-state index in [-0.39, 0.29) is 0 Å². The molecule has 0 aliphatic heterocycles. The van der Waals surface area contributed by atoms with Crippen LogP contribution < -0.4 is 14.2 Å². The van der Waals surface area contributed by atoms with Crippen molar-refractivity contribution >= 4 is 11.6 Å². The lowest BCUT2D eigenvalue weighted by Crippen LogP contribution is -1.96. The summed E-state index contributed by atoms with van der Waals surface area (Å²) in [5, 5.41) is 18.7. The molecule has 5 nitrogen and oxygen atoms in total. The molecular formula is C19H16N2O3. The fraction of sp³-hybridized carbons (Fsp3) is 0.158. The lowest BCUT2D eigenvalue weighted by Gasteiger charge is -2.13. The lowest BCUT2D eigenvalue weighted by molar-refractivity contribution is 0.324. The summed E-state index contributed by atoms with van der Waals surface area (Å²) >= 11 is 0. The molecule has 0 saturated heterocycles. The van der Waals surface area contributed by atoms with E-state index in [0.717, 1.165) is 0 Å². The second-order valence-electron chi connectivity index (χ2n) is 4.79. The number of hydrogen-bond acceptors (Lipinski definition) is 5. The minimum absolute atomic E-state index is 0.376. The van der Waals surface area contributed by atoms with E-state index in [1.165, 1.54) is 21.3 Å². The standard InChI is InChI=1S/C19H16N2O3/c1-22-17-9-13(10-18(23-2)19(17)24-3)8-15(12-21)16-7-5-4-6-14(16)11-20/h4-10H,1-3H3/b15-8+. The first kappa shape index (κ1) is 16.9. The fourth-order valence-corrected chi connectivity index (χ4v) is 2.34. The molecule has 0 unspecified atom stereocenters. The molecule has 0 aliphatic carbocycles. The Balaban J connectivity index is 2.61. The molecule has 2 aromatic rings. The summed E-state index contributed by atoms with van der Waals surface area (Å²) in [6.07, 6.45) is 1.68. The topological polar surface area (TPSA) is 75.3 Å². The van der Waals surface area contributed by atoms with Gasteiger partial charge >= 0.3 is 0 Å². The van der Waals surface area contributed by atoms with Crippen LogP contribution in [-0.4, -0.2) is 21.3 Å². The highest BCUT2D eigenvalue weighted by Gasteiger charge is 2.13. The Morgan fingerprint density at radius 3 is 2.08 bits per heavy atom. The predicted octanol–water partition coefficient (Wildman–Crippen LogP) is 3.65. The van der Waals surface area contributed by atoms with Crippen LogP contribution in [0.2, 0.25) is 0 Å². The predicted molar refractivity (Wildman–Crippen MR) is 90.7 cm³/mol. The van der Waals surface area contributed by atoms with Crippen molar-refractivity contribution in [2.45, 2.75) is 0 Å². The zero-order valence-electron chi connectivity index (χ0n) is 13.7. The SMILES string of the molecule is COc1cc(/C=C(\C#N)c2ccccc2C#N)cc(OC)c1OC. The van der Waals surface area contributed by atoms with E-state index >= 15 is 0 Å². The quantitative estimate of drug-likeness (QED) is 0.621. The summed E-state index contributed by atoms with van der Waals surface area (Å²) < 4.78 is 15.9. The number of ether oxygens (including phenoxy) is 3. The Bertz CT molecular complexity index is 833. The summed E-state index contributed by atoms with van der Waals surface area (Å²) in [5.41, 5.74) is 2.10. The molecule has 24 heavy (non-hydrogen) atoms. The third-order valence-electron chi connectivity index (χ3n) is 3.46. The van der Waals surface area contributed by atoms with Crippen molar-refractivity contribution in [3.05, 3.63) is 53.1 Å². The second kappa shape index (κ2) is 7.71. The highest BCUT2D eigenvalue weighted by atomic mass is 16.5. The van der Waals surface area contributed by atoms with Crippen LogP contribution in [0.3, 0.4) is 0 Å². The normalized spacial score (nSPS) is 10.5. The molecule has 2 rings (SSSR count). The van der Waals surface area contributed by atoms with Crippen LogP contribution in [0.1, 0.15) is 16.7 Å². The van der Waals surface area contributed by atoms with Gasteiger partial charge in [0.25, 0.3) is 0 Å². The van der Waals surface area contributed by atoms with Crippen molar-refractivity contribution in [1.82, 2.24) is 0 Å². The maximum Gasteiger partial charge on any atom is 0.203 e. The first-order valence-corrected chi connectivity index (χ1v) is 7.09. The Kier molecular flexibility index (Phi) is 5.44. The van der Waals surface area contributed by atoms with Crippen LogP contribution in [0.4, 0.5) is 0 Å². The van der Waals surface area contributed by atoms with Crippen molar-refractivity contribution in [1.29, 1.82) is 10.5 Å². The zero-order valence-corrected chi connectivity index (χ0v) is 13.7. The molecule has 0 atom stereocenters. The average molecular weight is 320 g/mol. The van der Waals surface area contributed by atoms with Gasteiger partial charge in [-0.05, 0) is 29.8 Å². The number of hydrogen-bond donors (Lipinski definition) is 0. The minimum Gasteiger partial charge on any atom is -0.493 e. The zero-order chi connectivity index (χ0) is 17.5. The average Bonchev–Trinajstić information content (AvgIpc) is 2.64. The van der Waals surface area contributed by atoms with Gasteiger partial charge in [-0.2, -0.15) is 10.5 Å². The van der Waals surface area contributed by atoms with E-state index < -0.39 is 0 Å². The van der Waals surface area contributed by atoms with Gasteiger partial charge in [0.1, 0.15) is 0 Å². The number of methoxy groups -OCH3 is 3. The van der Waals surface area contributed by atoms with Crippen LogP contribution >= 0.6 is 0 Å². The van der Waals surface area contributed by atoms with Crippen LogP contribution in [-0.2, 0) is 0 Å². The van der Waals surface area contributed by atoms with Gasteiger partial charge in [0.05, 0.1) is 44.6 Å². The first-order valence-electron chi connectivity index (χ1n) is 7.09. The van der Waals surface area contributed by atoms with E-state index in [2.05, 4.69) is 12.1 Å². The van der Waals surface area contributed by atoms with Crippen molar-refractivity contribution in [2.24, 2.45) is 0 Å². The van der Waals surface area contributed by atoms with E-state index in [0.29, 0.717) is 39.5 Å². The van der Waals surface area contributed by atoms with Crippen LogP contribution in [0.25, 0.3) is 11.6 Å². The van der Waals surface area contributed by atoms with Gasteiger partial charge in [-0.15, -0.1) is 0 Å². The van der Waals surface area contributed by atoms with E-state index in [1.54, 1.807) is 42.5 Å². The molecular weight excluding hydrogens is 304 g/mol. The highest BCUT2D eigenvalue weighted by molar-refractivity contribution is 5.92. The molecule has 0 saturated carbocycles. The van der Waals surface area contributed by atoms with Crippen molar-refractivity contribution < 1.29 is 14.2 Å². The Hall–Kier alpha value is -3.44. The fourth-order valence-electron chi connectivity index (χ4n) is 2.34. The number of rotatable bonds is 5. The summed E-state index contributed by atoms with van der Waals surface area (Å²) in [5.74, 6) is 1.47. The largest absolute Gasteiger partial charge is 0.493 e. The number of allylic oxidation sites excluding steroid dienone is 1. The molecule has 0 amide bonds. The van der Waals surface area contributed by atoms with E-state index in [9.17, 15) is 10.5 Å². The van der Waals surface area contributed by atoms with Crippen LogP contribution in [0.15, 0.2) is 36.4 Å². The molecule has 0 radical (unpaired) electrons. The number of nitrogens with zero attached hydrogens (tertiary/aromatic N) is 2. The molecule has 0 aromatic heterocycles. The maximum atomic E-state index is 9.50. The first-order chi connectivity index (χ1) is 11.7. The number of nitriles is 2. The molecule has 120 valence electrons. The summed E-state index contributed by atoms with van der Waals surface area (Å²) in [7, 11) is 4.59. The van der Waals surface area contributed by atoms with E-state index in [1.807, 2.05) is 0 Å². The molecule has 0 heterocycles. The van der Waals surface area contributed by atoms with Crippen molar-refractivity contribution in [2.75, 3.05) is 21.3 Å². The Morgan fingerprint density at radius 1 is 0.958 bits per heavy atom. The number of benzene rings is 2. The van der Waals surface area contributed by atoms with Gasteiger partial charge in [-0.3, -0.25) is 0 Å². The van der Waals surface area contributed by atoms with Gasteiger partial charge in [0.15, 0.2) is 11.5 Å². The molecule has 0 aliphatic rings. The molecule has 5 heteroatoms. The smallest absolute Gasteiger partial charge is 0.203 e. The second-order valence-corrected chi connectivity index (χ2v) is 4.79. The van der Waals surface area contributed by atoms with Crippen molar-refractivity contribution in [3.8, 4) is 29.4 Å². The minimum atomic E-state index is 0.376.